The number of fused-ring (bicyclic) bond motifs is 4. The van der Waals surface area contributed by atoms with Crippen molar-refractivity contribution in [2.45, 2.75) is 19.3 Å². The van der Waals surface area contributed by atoms with Crippen LogP contribution in [0.2, 0.25) is 0 Å². The smallest absolute Gasteiger partial charge is 0.321 e. The number of rotatable bonds is 4. The quantitative estimate of drug-likeness (QED) is 0.440. The first kappa shape index (κ1) is 21.6. The number of ether oxygens (including phenoxy) is 1. The first-order valence-electron chi connectivity index (χ1n) is 10.7. The maximum Gasteiger partial charge on any atom is 0.321 e. The number of hydrogen-bond donors (Lipinski definition) is 2. The SMILES string of the molecule is COc1ccc2c(c1)c1c(n2C(=O)c2ccc(F)c3ccccc23)CCC(C(=O)O)(C(=O)O)C1. The molecular formula is C26H20FNO6. The van der Waals surface area contributed by atoms with Crippen molar-refractivity contribution in [2.24, 2.45) is 5.41 Å². The molecule has 0 atom stereocenters. The fraction of sp³-hybridized carbons (Fsp3) is 0.192. The highest BCUT2D eigenvalue weighted by Gasteiger charge is 2.50. The van der Waals surface area contributed by atoms with Crippen LogP contribution in [0.4, 0.5) is 4.39 Å². The Kier molecular flexibility index (Phi) is 4.89. The lowest BCUT2D eigenvalue weighted by Crippen LogP contribution is -2.44. The van der Waals surface area contributed by atoms with E-state index >= 15 is 0 Å². The highest BCUT2D eigenvalue weighted by atomic mass is 19.1. The third-order valence-electron chi connectivity index (χ3n) is 6.78. The Balaban J connectivity index is 1.78. The molecular weight excluding hydrogens is 441 g/mol. The summed E-state index contributed by atoms with van der Waals surface area (Å²) in [6, 6.07) is 14.4. The number of carboxylic acids is 2. The van der Waals surface area contributed by atoms with Crippen molar-refractivity contribution in [3.8, 4) is 5.75 Å². The Morgan fingerprint density at radius 1 is 0.971 bits per heavy atom. The number of hydrogen-bond acceptors (Lipinski definition) is 4. The zero-order valence-electron chi connectivity index (χ0n) is 18.2. The minimum atomic E-state index is -1.99. The second-order valence-corrected chi connectivity index (χ2v) is 8.46. The molecule has 5 rings (SSSR count). The molecule has 3 aromatic carbocycles. The van der Waals surface area contributed by atoms with Crippen molar-refractivity contribution >= 4 is 39.5 Å². The lowest BCUT2D eigenvalue weighted by molar-refractivity contribution is -0.165. The number of methoxy groups -OCH3 is 1. The normalized spacial score (nSPS) is 14.6. The van der Waals surface area contributed by atoms with Gasteiger partial charge in [-0.05, 0) is 54.1 Å². The molecule has 1 heterocycles. The van der Waals surface area contributed by atoms with Gasteiger partial charge in [0.1, 0.15) is 11.6 Å². The van der Waals surface area contributed by atoms with E-state index < -0.39 is 29.1 Å². The van der Waals surface area contributed by atoms with Crippen LogP contribution in [0.15, 0.2) is 54.6 Å². The summed E-state index contributed by atoms with van der Waals surface area (Å²) in [6.45, 7) is 0. The van der Waals surface area contributed by atoms with Crippen molar-refractivity contribution in [3.05, 3.63) is 77.2 Å². The average molecular weight is 461 g/mol. The molecule has 34 heavy (non-hydrogen) atoms. The summed E-state index contributed by atoms with van der Waals surface area (Å²) < 4.78 is 21.2. The van der Waals surface area contributed by atoms with E-state index in [0.29, 0.717) is 44.2 Å². The van der Waals surface area contributed by atoms with Crippen LogP contribution in [0.3, 0.4) is 0 Å². The summed E-state index contributed by atoms with van der Waals surface area (Å²) in [5.41, 5.74) is -0.137. The van der Waals surface area contributed by atoms with E-state index in [1.807, 2.05) is 0 Å². The molecule has 0 aliphatic heterocycles. The van der Waals surface area contributed by atoms with Crippen LogP contribution >= 0.6 is 0 Å². The average Bonchev–Trinajstić information content (AvgIpc) is 3.16. The molecule has 1 aliphatic carbocycles. The Labute approximate surface area is 193 Å². The van der Waals surface area contributed by atoms with Gasteiger partial charge in [-0.3, -0.25) is 19.0 Å². The third-order valence-corrected chi connectivity index (χ3v) is 6.78. The van der Waals surface area contributed by atoms with Gasteiger partial charge in [-0.15, -0.1) is 0 Å². The topological polar surface area (TPSA) is 106 Å². The van der Waals surface area contributed by atoms with Crippen molar-refractivity contribution in [1.29, 1.82) is 0 Å². The predicted molar refractivity (Wildman–Crippen MR) is 122 cm³/mol. The van der Waals surface area contributed by atoms with E-state index in [-0.39, 0.29) is 19.3 Å². The fourth-order valence-electron chi connectivity index (χ4n) is 4.95. The van der Waals surface area contributed by atoms with Crippen LogP contribution in [0.1, 0.15) is 28.0 Å². The zero-order valence-corrected chi connectivity index (χ0v) is 18.2. The molecule has 8 heteroatoms. The molecule has 172 valence electrons. The van der Waals surface area contributed by atoms with E-state index in [0.717, 1.165) is 0 Å². The molecule has 0 fully saturated rings. The Morgan fingerprint density at radius 2 is 1.68 bits per heavy atom. The summed E-state index contributed by atoms with van der Waals surface area (Å²) in [4.78, 5) is 37.9. The number of benzene rings is 3. The molecule has 7 nitrogen and oxygen atoms in total. The molecule has 0 saturated carbocycles. The maximum atomic E-state index is 14.4. The van der Waals surface area contributed by atoms with E-state index in [1.165, 1.54) is 23.8 Å². The van der Waals surface area contributed by atoms with Crippen LogP contribution in [0, 0.1) is 11.2 Å². The Morgan fingerprint density at radius 3 is 2.35 bits per heavy atom. The number of halogens is 1. The number of nitrogens with zero attached hydrogens (tertiary/aromatic N) is 1. The Bertz CT molecular complexity index is 1510. The monoisotopic (exact) mass is 461 g/mol. The number of carbonyl (C=O) groups excluding carboxylic acids is 1. The highest BCUT2D eigenvalue weighted by Crippen LogP contribution is 2.42. The lowest BCUT2D eigenvalue weighted by Gasteiger charge is -2.29. The van der Waals surface area contributed by atoms with Gasteiger partial charge in [0, 0.05) is 28.5 Å². The van der Waals surface area contributed by atoms with Gasteiger partial charge in [-0.2, -0.15) is 0 Å². The van der Waals surface area contributed by atoms with Crippen LogP contribution in [0.5, 0.6) is 5.75 Å². The van der Waals surface area contributed by atoms with Gasteiger partial charge in [0.05, 0.1) is 12.6 Å². The Hall–Kier alpha value is -4.20. The molecule has 0 saturated heterocycles. The number of carboxylic acid groups (broad SMARTS) is 2. The number of carbonyl (C=O) groups is 3. The van der Waals surface area contributed by atoms with Crippen molar-refractivity contribution in [3.63, 3.8) is 0 Å². The summed E-state index contributed by atoms with van der Waals surface area (Å²) in [7, 11) is 1.49. The van der Waals surface area contributed by atoms with Gasteiger partial charge in [0.2, 0.25) is 0 Å². The second-order valence-electron chi connectivity index (χ2n) is 8.46. The minimum Gasteiger partial charge on any atom is -0.497 e. The lowest BCUT2D eigenvalue weighted by atomic mass is 9.72. The molecule has 2 N–H and O–H groups in total. The molecule has 1 aromatic heterocycles. The van der Waals surface area contributed by atoms with Gasteiger partial charge < -0.3 is 14.9 Å². The maximum absolute atomic E-state index is 14.4. The summed E-state index contributed by atoms with van der Waals surface area (Å²) in [6.07, 6.45) is -0.341. The van der Waals surface area contributed by atoms with E-state index in [9.17, 15) is 29.0 Å². The van der Waals surface area contributed by atoms with Crippen LogP contribution < -0.4 is 4.74 Å². The highest BCUT2D eigenvalue weighted by molar-refractivity contribution is 6.12. The van der Waals surface area contributed by atoms with E-state index in [4.69, 9.17) is 4.74 Å². The van der Waals surface area contributed by atoms with Gasteiger partial charge in [-0.1, -0.05) is 24.3 Å². The summed E-state index contributed by atoms with van der Waals surface area (Å²) in [5.74, 6) is -3.17. The van der Waals surface area contributed by atoms with Gasteiger partial charge in [0.25, 0.3) is 5.91 Å². The largest absolute Gasteiger partial charge is 0.497 e. The van der Waals surface area contributed by atoms with Gasteiger partial charge >= 0.3 is 11.9 Å². The van der Waals surface area contributed by atoms with Gasteiger partial charge in [0.15, 0.2) is 5.41 Å². The number of aliphatic carboxylic acids is 2. The molecule has 0 unspecified atom stereocenters. The molecule has 1 aliphatic rings. The summed E-state index contributed by atoms with van der Waals surface area (Å²) >= 11 is 0. The number of aromatic nitrogens is 1. The van der Waals surface area contributed by atoms with E-state index in [2.05, 4.69) is 0 Å². The molecule has 4 aromatic rings. The summed E-state index contributed by atoms with van der Waals surface area (Å²) in [5, 5.41) is 20.9. The van der Waals surface area contributed by atoms with Crippen molar-refractivity contribution < 1.29 is 33.7 Å². The molecule has 0 amide bonds. The second kappa shape index (κ2) is 7.69. The zero-order chi connectivity index (χ0) is 24.2. The van der Waals surface area contributed by atoms with Crippen LogP contribution in [0.25, 0.3) is 21.7 Å². The molecule has 0 bridgehead atoms. The fourth-order valence-corrected chi connectivity index (χ4v) is 4.95. The molecule has 0 radical (unpaired) electrons. The predicted octanol–water partition coefficient (Wildman–Crippen LogP) is 4.28. The van der Waals surface area contributed by atoms with Gasteiger partial charge in [-0.25, -0.2) is 4.39 Å². The minimum absolute atomic E-state index is 0.0792. The first-order valence-corrected chi connectivity index (χ1v) is 10.7. The van der Waals surface area contributed by atoms with Crippen molar-refractivity contribution in [1.82, 2.24) is 4.57 Å². The molecule has 0 spiro atoms. The van der Waals surface area contributed by atoms with E-state index in [1.54, 1.807) is 42.5 Å². The van der Waals surface area contributed by atoms with Crippen molar-refractivity contribution in [2.75, 3.05) is 7.11 Å². The first-order chi connectivity index (χ1) is 16.3. The van der Waals surface area contributed by atoms with Crippen LogP contribution in [-0.2, 0) is 22.4 Å². The standard InChI is InChI=1S/C26H20FNO6/c1-34-14-6-9-21-18(12-14)19-13-26(24(30)31,25(32)33)11-10-22(19)28(21)23(29)17-7-8-20(27)16-5-3-2-4-15(16)17/h2-9,12H,10-11,13H2,1H3,(H,30,31)(H,32,33). The van der Waals surface area contributed by atoms with Crippen LogP contribution in [-0.4, -0.2) is 39.7 Å². The third kappa shape index (κ3) is 2.98.